The van der Waals surface area contributed by atoms with Gasteiger partial charge in [-0.15, -0.1) is 0 Å². The van der Waals surface area contributed by atoms with Gasteiger partial charge in [0.1, 0.15) is 13.2 Å². The number of nitrogens with zero attached hydrogens (tertiary/aromatic N) is 1. The Balaban J connectivity index is 4.21. The summed E-state index contributed by atoms with van der Waals surface area (Å²) in [4.78, 5) is 25.6. The smallest absolute Gasteiger partial charge is 0.268 e. The number of unbranched alkanes of at least 4 members (excludes halogenated alkanes) is 37. The molecule has 0 aliphatic rings. The molecule has 0 heterocycles. The van der Waals surface area contributed by atoms with Crippen LogP contribution in [0.5, 0.6) is 0 Å². The van der Waals surface area contributed by atoms with Crippen molar-refractivity contribution in [3.8, 4) is 0 Å². The van der Waals surface area contributed by atoms with E-state index in [1.54, 1.807) is 6.08 Å². The van der Waals surface area contributed by atoms with Gasteiger partial charge in [0.05, 0.1) is 39.9 Å². The van der Waals surface area contributed by atoms with Gasteiger partial charge in [0.2, 0.25) is 5.91 Å². The largest absolute Gasteiger partial charge is 0.756 e. The number of rotatable bonds is 60. The van der Waals surface area contributed by atoms with E-state index >= 15 is 0 Å². The summed E-state index contributed by atoms with van der Waals surface area (Å²) < 4.78 is 23.4. The van der Waals surface area contributed by atoms with E-state index in [4.69, 9.17) is 9.05 Å². The molecule has 0 spiro atoms. The molecule has 450 valence electrons. The number of aliphatic hydroxyl groups excluding tert-OH is 1. The van der Waals surface area contributed by atoms with Crippen LogP contribution in [0.25, 0.3) is 0 Å². The summed E-state index contributed by atoms with van der Waals surface area (Å²) in [5.41, 5.74) is 0. The number of nitrogens with one attached hydrogen (secondary N) is 1. The van der Waals surface area contributed by atoms with Gasteiger partial charge in [-0.05, 0) is 83.5 Å². The summed E-state index contributed by atoms with van der Waals surface area (Å²) in [7, 11) is 1.23. The SMILES string of the molecule is CCCCCCC/C=C\C/C=C\C/C=C\CCCCCCCCCCCCC(=O)NC(COP(=O)([O-])OCC[N+](C)(C)C)C(O)/C=C/CC/C=C/CC/C=C/CCCCCCCCCCCCCCCCCCCCCC. The molecular weight excluding hydrogens is 972 g/mol. The predicted molar refractivity (Wildman–Crippen MR) is 334 cm³/mol. The first-order chi connectivity index (χ1) is 37.5. The Kier molecular flexibility index (Phi) is 57.0. The molecule has 0 aromatic rings. The van der Waals surface area contributed by atoms with Crippen molar-refractivity contribution in [3.05, 3.63) is 72.9 Å². The van der Waals surface area contributed by atoms with Crippen LogP contribution in [0.3, 0.4) is 0 Å². The van der Waals surface area contributed by atoms with Gasteiger partial charge in [-0.2, -0.15) is 0 Å². The topological polar surface area (TPSA) is 108 Å². The first-order valence-electron chi connectivity index (χ1n) is 32.8. The fourth-order valence-corrected chi connectivity index (χ4v) is 10.2. The van der Waals surface area contributed by atoms with Gasteiger partial charge in [0.25, 0.3) is 7.82 Å². The van der Waals surface area contributed by atoms with Gasteiger partial charge in [-0.25, -0.2) is 0 Å². The quantitative estimate of drug-likeness (QED) is 0.0272. The average Bonchev–Trinajstić information content (AvgIpc) is 3.39. The van der Waals surface area contributed by atoms with Crippen LogP contribution in [0.2, 0.25) is 0 Å². The van der Waals surface area contributed by atoms with Crippen molar-refractivity contribution >= 4 is 13.7 Å². The fourth-order valence-electron chi connectivity index (χ4n) is 9.49. The second-order valence-corrected chi connectivity index (χ2v) is 24.9. The molecule has 3 atom stereocenters. The van der Waals surface area contributed by atoms with Crippen molar-refractivity contribution in [3.63, 3.8) is 0 Å². The number of phosphoric acid groups is 1. The van der Waals surface area contributed by atoms with Gasteiger partial charge in [-0.1, -0.05) is 286 Å². The number of carbonyl (C=O) groups is 1. The molecule has 0 saturated heterocycles. The summed E-state index contributed by atoms with van der Waals surface area (Å²) >= 11 is 0. The zero-order chi connectivity index (χ0) is 56.3. The Morgan fingerprint density at radius 3 is 1.14 bits per heavy atom. The van der Waals surface area contributed by atoms with E-state index in [-0.39, 0.29) is 12.5 Å². The van der Waals surface area contributed by atoms with Crippen LogP contribution in [-0.2, 0) is 18.4 Å². The normalized spacial score (nSPS) is 14.2. The van der Waals surface area contributed by atoms with Crippen LogP contribution in [0, 0.1) is 0 Å². The number of aliphatic hydroxyl groups is 1. The third-order valence-electron chi connectivity index (χ3n) is 14.6. The number of hydrogen-bond acceptors (Lipinski definition) is 6. The Morgan fingerprint density at radius 2 is 0.766 bits per heavy atom. The van der Waals surface area contributed by atoms with Gasteiger partial charge in [0.15, 0.2) is 0 Å². The minimum atomic E-state index is -4.62. The van der Waals surface area contributed by atoms with E-state index in [1.165, 1.54) is 225 Å². The third-order valence-corrected chi connectivity index (χ3v) is 15.6. The molecular formula is C68H127N2O6P. The van der Waals surface area contributed by atoms with Crippen LogP contribution >= 0.6 is 7.82 Å². The van der Waals surface area contributed by atoms with Crippen molar-refractivity contribution in [1.29, 1.82) is 0 Å². The van der Waals surface area contributed by atoms with Crippen LogP contribution < -0.4 is 10.2 Å². The Hall–Kier alpha value is -2.06. The number of phosphoric ester groups is 1. The minimum Gasteiger partial charge on any atom is -0.756 e. The third kappa shape index (κ3) is 61.4. The number of allylic oxidation sites excluding steroid dienone is 11. The average molecular weight is 1100 g/mol. The second-order valence-electron chi connectivity index (χ2n) is 23.4. The molecule has 3 unspecified atom stereocenters. The first kappa shape index (κ1) is 74.9. The van der Waals surface area contributed by atoms with E-state index < -0.39 is 26.6 Å². The molecule has 0 radical (unpaired) electrons. The fraction of sp³-hybridized carbons (Fsp3) is 0.809. The molecule has 0 bridgehead atoms. The maximum atomic E-state index is 13.0. The van der Waals surface area contributed by atoms with Crippen molar-refractivity contribution in [2.24, 2.45) is 0 Å². The van der Waals surface area contributed by atoms with Gasteiger partial charge in [0, 0.05) is 6.42 Å². The highest BCUT2D eigenvalue weighted by Gasteiger charge is 2.23. The molecule has 0 aliphatic heterocycles. The highest BCUT2D eigenvalue weighted by molar-refractivity contribution is 7.45. The molecule has 0 aromatic heterocycles. The molecule has 0 aliphatic carbocycles. The van der Waals surface area contributed by atoms with Crippen molar-refractivity contribution < 1.29 is 32.9 Å². The van der Waals surface area contributed by atoms with E-state index in [1.807, 2.05) is 27.2 Å². The molecule has 2 N–H and O–H groups in total. The lowest BCUT2D eigenvalue weighted by Crippen LogP contribution is -2.45. The van der Waals surface area contributed by atoms with E-state index in [0.717, 1.165) is 57.8 Å². The van der Waals surface area contributed by atoms with Crippen molar-refractivity contribution in [2.45, 2.75) is 315 Å². The lowest BCUT2D eigenvalue weighted by atomic mass is 10.0. The highest BCUT2D eigenvalue weighted by Crippen LogP contribution is 2.38. The molecule has 9 heteroatoms. The van der Waals surface area contributed by atoms with E-state index in [9.17, 15) is 19.4 Å². The number of quaternary nitrogens is 1. The monoisotopic (exact) mass is 1100 g/mol. The van der Waals surface area contributed by atoms with E-state index in [0.29, 0.717) is 17.4 Å². The van der Waals surface area contributed by atoms with Gasteiger partial charge >= 0.3 is 0 Å². The van der Waals surface area contributed by atoms with Gasteiger partial charge < -0.3 is 28.8 Å². The summed E-state index contributed by atoms with van der Waals surface area (Å²) in [5, 5.41) is 13.9. The maximum absolute atomic E-state index is 13.0. The van der Waals surface area contributed by atoms with Crippen LogP contribution in [0.15, 0.2) is 72.9 Å². The van der Waals surface area contributed by atoms with Crippen LogP contribution in [-0.4, -0.2) is 68.5 Å². The van der Waals surface area contributed by atoms with Gasteiger partial charge in [-0.3, -0.25) is 9.36 Å². The first-order valence-corrected chi connectivity index (χ1v) is 34.3. The molecule has 8 nitrogen and oxygen atoms in total. The summed E-state index contributed by atoms with van der Waals surface area (Å²) in [6.07, 6.45) is 81.5. The van der Waals surface area contributed by atoms with Crippen LogP contribution in [0.1, 0.15) is 303 Å². The molecule has 0 fully saturated rings. The zero-order valence-electron chi connectivity index (χ0n) is 51.4. The zero-order valence-corrected chi connectivity index (χ0v) is 52.3. The number of hydrogen-bond donors (Lipinski definition) is 2. The molecule has 0 saturated carbocycles. The summed E-state index contributed by atoms with van der Waals surface area (Å²) in [5.74, 6) is -0.215. The van der Waals surface area contributed by atoms with Crippen LogP contribution in [0.4, 0.5) is 0 Å². The lowest BCUT2D eigenvalue weighted by molar-refractivity contribution is -0.870. The predicted octanol–water partition coefficient (Wildman–Crippen LogP) is 20.0. The van der Waals surface area contributed by atoms with Crippen molar-refractivity contribution in [1.82, 2.24) is 5.32 Å². The standard InChI is InChI=1S/C68H127N2O6P/c1-6-8-10-12-14-16-18-20-22-24-26-28-30-32-33-34-35-36-38-39-41-43-45-47-49-51-53-55-57-59-61-67(71)66(65-76-77(73,74)75-64-63-70(3,4)5)69-68(72)62-60-58-56-54-52-50-48-46-44-42-40-37-31-29-27-25-23-21-19-17-15-13-11-9-7-2/h19,21,25,27,31,37,43,45,51,53,59,61,66-67,71H,6-18,20,22-24,26,28-30,32-36,38-42,44,46-50,52,54-58,60,62-65H2,1-5H3,(H-,69,72,73,74)/b21-19-,27-25-,37-31-,45-43+,53-51+,61-59+. The molecule has 0 aromatic carbocycles. The number of likely N-dealkylation sites (N-methyl/N-ethyl adjacent to an activating group) is 1. The Labute approximate surface area is 478 Å². The maximum Gasteiger partial charge on any atom is 0.268 e. The molecule has 1 amide bonds. The summed E-state index contributed by atoms with van der Waals surface area (Å²) in [6, 6.07) is -0.917. The number of amides is 1. The molecule has 0 rings (SSSR count). The second kappa shape index (κ2) is 58.6. The number of carbonyl (C=O) groups excluding carboxylic acids is 1. The lowest BCUT2D eigenvalue weighted by Gasteiger charge is -2.29. The minimum absolute atomic E-state index is 0.0123. The van der Waals surface area contributed by atoms with Crippen molar-refractivity contribution in [2.75, 3.05) is 40.9 Å². The van der Waals surface area contributed by atoms with E-state index in [2.05, 4.69) is 79.9 Å². The molecule has 77 heavy (non-hydrogen) atoms. The summed E-state index contributed by atoms with van der Waals surface area (Å²) in [6.45, 7) is 4.63. The Morgan fingerprint density at radius 1 is 0.455 bits per heavy atom. The Bertz CT molecular complexity index is 1480. The highest BCUT2D eigenvalue weighted by atomic mass is 31.2.